The minimum atomic E-state index is -3.09. The maximum Gasteiger partial charge on any atom is 0.382 e. The number of ether oxygens (including phenoxy) is 7. The van der Waals surface area contributed by atoms with Gasteiger partial charge in [-0.2, -0.15) is 0 Å². The summed E-state index contributed by atoms with van der Waals surface area (Å²) >= 11 is 0. The molecule has 15 heteroatoms. The van der Waals surface area contributed by atoms with Crippen molar-refractivity contribution in [3.63, 3.8) is 0 Å². The standard InChI is InChI=1S/C43H51NO14/c1-28(33(23-18-29-14-10-8-11-15-29)30-19-21-32(22-20-30)57-31-16-12-9-13-17-31)44(24-35(45)52-26-53-38(49)41(2,3)4)36(46)34-25-56-43(58-34,37(47)48)40(51)55-27-54-39(50)42(5,6)7/h8-17,19-22,28,33-34H,18,23-27H2,1-7H3,(H,47,48)/t28-,33+,34+,43+/m1/s1. The second-order valence-corrected chi connectivity index (χ2v) is 15.7. The number of carboxylic acids is 1. The van der Waals surface area contributed by atoms with Crippen molar-refractivity contribution in [3.05, 3.63) is 96.1 Å². The summed E-state index contributed by atoms with van der Waals surface area (Å²) in [6, 6.07) is 25.3. The van der Waals surface area contributed by atoms with Crippen molar-refractivity contribution < 1.29 is 67.0 Å². The SMILES string of the molecule is C[C@H]([C@H](CCc1ccccc1)c1ccc(Oc2ccccc2)cc1)N(CC(=O)OCOC(=O)C(C)(C)C)C(=O)[C@@H]1CO[C@](C(=O)O)(C(=O)OCOC(=O)C(C)(C)C)O1. The van der Waals surface area contributed by atoms with Crippen LogP contribution in [0.3, 0.4) is 0 Å². The first-order valence-electron chi connectivity index (χ1n) is 18.7. The van der Waals surface area contributed by atoms with Crippen LogP contribution in [-0.4, -0.2) is 90.4 Å². The van der Waals surface area contributed by atoms with Gasteiger partial charge in [0.15, 0.2) is 6.10 Å². The molecule has 3 aromatic carbocycles. The number of nitrogens with zero attached hydrogens (tertiary/aromatic N) is 1. The van der Waals surface area contributed by atoms with Crippen LogP contribution in [0, 0.1) is 10.8 Å². The van der Waals surface area contributed by atoms with Crippen molar-refractivity contribution in [1.29, 1.82) is 0 Å². The molecule has 58 heavy (non-hydrogen) atoms. The zero-order chi connectivity index (χ0) is 42.7. The maximum absolute atomic E-state index is 14.4. The third-order valence-electron chi connectivity index (χ3n) is 9.12. The fourth-order valence-corrected chi connectivity index (χ4v) is 5.77. The number of rotatable bonds is 17. The quantitative estimate of drug-likeness (QED) is 0.0980. The van der Waals surface area contributed by atoms with Gasteiger partial charge in [-0.15, -0.1) is 0 Å². The Labute approximate surface area is 337 Å². The normalized spacial score (nSPS) is 17.6. The predicted molar refractivity (Wildman–Crippen MR) is 206 cm³/mol. The average molecular weight is 806 g/mol. The first-order valence-corrected chi connectivity index (χ1v) is 18.7. The molecule has 0 radical (unpaired) electrons. The van der Waals surface area contributed by atoms with Crippen LogP contribution in [0.15, 0.2) is 84.9 Å². The number of aryl methyl sites for hydroxylation is 1. The molecule has 0 aromatic heterocycles. The van der Waals surface area contributed by atoms with Crippen LogP contribution in [0.4, 0.5) is 0 Å². The molecule has 1 saturated heterocycles. The van der Waals surface area contributed by atoms with Gasteiger partial charge in [-0.3, -0.25) is 19.2 Å². The Morgan fingerprint density at radius 3 is 1.84 bits per heavy atom. The lowest BCUT2D eigenvalue weighted by Crippen LogP contribution is -2.53. The molecule has 0 bridgehead atoms. The zero-order valence-electron chi connectivity index (χ0n) is 33.8. The van der Waals surface area contributed by atoms with Gasteiger partial charge >= 0.3 is 35.6 Å². The highest BCUT2D eigenvalue weighted by Gasteiger charge is 2.59. The summed E-state index contributed by atoms with van der Waals surface area (Å²) in [5.41, 5.74) is -0.0120. The van der Waals surface area contributed by atoms with Crippen LogP contribution in [0.2, 0.25) is 0 Å². The van der Waals surface area contributed by atoms with Gasteiger partial charge < -0.3 is 43.2 Å². The average Bonchev–Trinajstić information content (AvgIpc) is 3.65. The Hall–Kier alpha value is -5.80. The Morgan fingerprint density at radius 1 is 0.759 bits per heavy atom. The van der Waals surface area contributed by atoms with Gasteiger partial charge in [-0.25, -0.2) is 9.59 Å². The summed E-state index contributed by atoms with van der Waals surface area (Å²) in [5, 5.41) is 10.1. The van der Waals surface area contributed by atoms with Crippen molar-refractivity contribution in [2.45, 2.75) is 85.2 Å². The molecule has 1 N–H and O–H groups in total. The van der Waals surface area contributed by atoms with Crippen LogP contribution < -0.4 is 4.74 Å². The zero-order valence-corrected chi connectivity index (χ0v) is 33.8. The molecule has 4 atom stereocenters. The number of hydrogen-bond acceptors (Lipinski definition) is 13. The molecule has 1 amide bonds. The summed E-state index contributed by atoms with van der Waals surface area (Å²) in [6.07, 6.45) is -0.664. The van der Waals surface area contributed by atoms with Crippen LogP contribution >= 0.6 is 0 Å². The van der Waals surface area contributed by atoms with E-state index in [1.807, 2.05) is 72.8 Å². The van der Waals surface area contributed by atoms with Crippen LogP contribution in [-0.2, 0) is 63.6 Å². The molecule has 0 saturated carbocycles. The lowest BCUT2D eigenvalue weighted by Gasteiger charge is -2.36. The minimum Gasteiger partial charge on any atom is -0.477 e. The Balaban J connectivity index is 1.63. The number of esters is 4. The van der Waals surface area contributed by atoms with E-state index in [2.05, 4.69) is 0 Å². The van der Waals surface area contributed by atoms with Crippen LogP contribution in [0.1, 0.15) is 71.9 Å². The summed E-state index contributed by atoms with van der Waals surface area (Å²) in [5.74, 6) is -9.03. The topological polar surface area (TPSA) is 190 Å². The lowest BCUT2D eigenvalue weighted by molar-refractivity contribution is -0.227. The van der Waals surface area contributed by atoms with E-state index < -0.39 is 97.2 Å². The number of amides is 1. The van der Waals surface area contributed by atoms with Crippen molar-refractivity contribution in [2.24, 2.45) is 10.8 Å². The number of para-hydroxylation sites is 1. The van der Waals surface area contributed by atoms with Gasteiger partial charge in [0.05, 0.1) is 17.4 Å². The molecular weight excluding hydrogens is 754 g/mol. The third-order valence-corrected chi connectivity index (χ3v) is 9.12. The molecule has 15 nitrogen and oxygen atoms in total. The highest BCUT2D eigenvalue weighted by molar-refractivity contribution is 6.02. The first kappa shape index (κ1) is 44.9. The molecule has 1 heterocycles. The molecule has 1 aliphatic heterocycles. The Morgan fingerprint density at radius 2 is 1.29 bits per heavy atom. The van der Waals surface area contributed by atoms with Gasteiger partial charge in [0.25, 0.3) is 5.91 Å². The number of benzene rings is 3. The summed E-state index contributed by atoms with van der Waals surface area (Å²) in [4.78, 5) is 79.0. The smallest absolute Gasteiger partial charge is 0.382 e. The van der Waals surface area contributed by atoms with Gasteiger partial charge in [0.2, 0.25) is 13.6 Å². The van der Waals surface area contributed by atoms with Gasteiger partial charge in [-0.1, -0.05) is 60.7 Å². The molecule has 0 spiro atoms. The number of carbonyl (C=O) groups excluding carboxylic acids is 5. The van der Waals surface area contributed by atoms with E-state index in [1.165, 1.54) is 0 Å². The fraction of sp³-hybridized carbons (Fsp3) is 0.442. The largest absolute Gasteiger partial charge is 0.477 e. The number of aliphatic carboxylic acids is 1. The molecule has 0 aliphatic carbocycles. The van der Waals surface area contributed by atoms with Crippen molar-refractivity contribution in [3.8, 4) is 11.5 Å². The first-order chi connectivity index (χ1) is 27.3. The van der Waals surface area contributed by atoms with E-state index in [-0.39, 0.29) is 0 Å². The third kappa shape index (κ3) is 12.1. The summed E-state index contributed by atoms with van der Waals surface area (Å²) in [6.45, 7) is 8.24. The van der Waals surface area contributed by atoms with Crippen LogP contribution in [0.5, 0.6) is 11.5 Å². The Kier molecular flexibility index (Phi) is 15.2. The molecule has 3 aromatic rings. The van der Waals surface area contributed by atoms with E-state index >= 15 is 0 Å². The second-order valence-electron chi connectivity index (χ2n) is 15.7. The van der Waals surface area contributed by atoms with Gasteiger partial charge in [0.1, 0.15) is 18.0 Å². The van der Waals surface area contributed by atoms with E-state index in [1.54, 1.807) is 60.6 Å². The fourth-order valence-electron chi connectivity index (χ4n) is 5.77. The van der Waals surface area contributed by atoms with Crippen molar-refractivity contribution in [2.75, 3.05) is 26.7 Å². The predicted octanol–water partition coefficient (Wildman–Crippen LogP) is 5.79. The lowest BCUT2D eigenvalue weighted by atomic mass is 9.85. The number of carboxylic acid groups (broad SMARTS) is 1. The highest BCUT2D eigenvalue weighted by Crippen LogP contribution is 2.34. The second kappa shape index (κ2) is 19.6. The minimum absolute atomic E-state index is 0.449. The van der Waals surface area contributed by atoms with Crippen molar-refractivity contribution in [1.82, 2.24) is 4.90 Å². The molecule has 4 rings (SSSR count). The molecule has 312 valence electrons. The van der Waals surface area contributed by atoms with E-state index in [0.717, 1.165) is 16.0 Å². The summed E-state index contributed by atoms with van der Waals surface area (Å²) in [7, 11) is 0. The maximum atomic E-state index is 14.4. The number of carbonyl (C=O) groups is 6. The van der Waals surface area contributed by atoms with E-state index in [4.69, 9.17) is 33.2 Å². The molecule has 0 unspecified atom stereocenters. The highest BCUT2D eigenvalue weighted by atomic mass is 16.8. The molecule has 1 fully saturated rings. The van der Waals surface area contributed by atoms with Gasteiger partial charge in [-0.05, 0) is 96.7 Å². The van der Waals surface area contributed by atoms with Crippen molar-refractivity contribution >= 4 is 35.8 Å². The molecule has 1 aliphatic rings. The van der Waals surface area contributed by atoms with Gasteiger partial charge in [0, 0.05) is 12.0 Å². The molecular formula is C43H51NO14. The van der Waals surface area contributed by atoms with E-state index in [0.29, 0.717) is 24.3 Å². The monoisotopic (exact) mass is 805 g/mol. The van der Waals surface area contributed by atoms with Crippen LogP contribution in [0.25, 0.3) is 0 Å². The van der Waals surface area contributed by atoms with E-state index in [9.17, 15) is 33.9 Å². The Bertz CT molecular complexity index is 1890. The summed E-state index contributed by atoms with van der Waals surface area (Å²) < 4.78 is 37.0. The number of hydrogen-bond donors (Lipinski definition) is 1.